The maximum atomic E-state index is 10.6. The van der Waals surface area contributed by atoms with Crippen LogP contribution in [0.5, 0.6) is 0 Å². The highest BCUT2D eigenvalue weighted by Crippen LogP contribution is 2.25. The first kappa shape index (κ1) is 17.4. The number of guanidine groups is 1. The predicted molar refractivity (Wildman–Crippen MR) is 96.4 cm³/mol. The van der Waals surface area contributed by atoms with Gasteiger partial charge in [0, 0.05) is 49.8 Å². The summed E-state index contributed by atoms with van der Waals surface area (Å²) in [7, 11) is 1.76. The smallest absolute Gasteiger partial charge is 0.269 e. The van der Waals surface area contributed by atoms with Crippen LogP contribution in [0.3, 0.4) is 0 Å². The van der Waals surface area contributed by atoms with Crippen molar-refractivity contribution in [1.29, 1.82) is 0 Å². The van der Waals surface area contributed by atoms with Gasteiger partial charge in [-0.05, 0) is 30.7 Å². The van der Waals surface area contributed by atoms with Gasteiger partial charge in [0.15, 0.2) is 5.96 Å². The number of rotatable bonds is 7. The van der Waals surface area contributed by atoms with Crippen molar-refractivity contribution in [2.24, 2.45) is 4.99 Å². The molecule has 0 aromatic heterocycles. The van der Waals surface area contributed by atoms with E-state index in [0.29, 0.717) is 18.3 Å². The average molecular weight is 337 g/mol. The monoisotopic (exact) mass is 337 g/mol. The maximum Gasteiger partial charge on any atom is 0.269 e. The molecule has 0 saturated carbocycles. The van der Waals surface area contributed by atoms with Crippen molar-refractivity contribution < 1.29 is 4.92 Å². The van der Waals surface area contributed by atoms with E-state index in [1.54, 1.807) is 19.2 Å². The molecule has 1 heterocycles. The van der Waals surface area contributed by atoms with Crippen LogP contribution in [0.4, 0.5) is 11.4 Å². The molecule has 0 radical (unpaired) electrons. The van der Waals surface area contributed by atoms with Crippen LogP contribution in [0.1, 0.15) is 12.8 Å². The minimum Gasteiger partial charge on any atom is -0.383 e. The molecule has 1 unspecified atom stereocenters. The van der Waals surface area contributed by atoms with Gasteiger partial charge in [-0.3, -0.25) is 15.1 Å². The van der Waals surface area contributed by atoms with Crippen LogP contribution in [0.15, 0.2) is 29.3 Å². The fourth-order valence-electron chi connectivity index (χ4n) is 2.33. The second-order valence-corrected chi connectivity index (χ2v) is 6.65. The molecule has 1 aromatic rings. The van der Waals surface area contributed by atoms with Gasteiger partial charge in [-0.15, -0.1) is 0 Å². The van der Waals surface area contributed by atoms with E-state index in [0.717, 1.165) is 18.2 Å². The summed E-state index contributed by atoms with van der Waals surface area (Å²) in [5, 5.41) is 21.1. The Kier molecular flexibility index (Phi) is 6.99. The number of benzene rings is 1. The first-order chi connectivity index (χ1) is 11.2. The first-order valence-corrected chi connectivity index (χ1v) is 8.78. The fourth-order valence-corrected chi connectivity index (χ4v) is 3.53. The SMILES string of the molecule is CN=C(NCCNc1ccc([N+](=O)[O-])cc1)NCC1CCCS1. The molecule has 0 bridgehead atoms. The number of nitro groups is 1. The van der Waals surface area contributed by atoms with E-state index in [2.05, 4.69) is 20.9 Å². The Morgan fingerprint density at radius 2 is 2.13 bits per heavy atom. The van der Waals surface area contributed by atoms with Gasteiger partial charge in [-0.25, -0.2) is 0 Å². The highest BCUT2D eigenvalue weighted by molar-refractivity contribution is 8.00. The predicted octanol–water partition coefficient (Wildman–Crippen LogP) is 2.07. The molecule has 126 valence electrons. The van der Waals surface area contributed by atoms with Crippen molar-refractivity contribution in [1.82, 2.24) is 10.6 Å². The molecule has 8 heteroatoms. The Morgan fingerprint density at radius 3 is 2.74 bits per heavy atom. The molecule has 1 aliphatic rings. The summed E-state index contributed by atoms with van der Waals surface area (Å²) in [6.07, 6.45) is 2.58. The number of non-ortho nitro benzene ring substituents is 1. The summed E-state index contributed by atoms with van der Waals surface area (Å²) in [4.78, 5) is 14.4. The minimum absolute atomic E-state index is 0.100. The zero-order chi connectivity index (χ0) is 16.5. The van der Waals surface area contributed by atoms with Gasteiger partial charge in [0.25, 0.3) is 5.69 Å². The van der Waals surface area contributed by atoms with E-state index < -0.39 is 4.92 Å². The Balaban J connectivity index is 1.63. The largest absolute Gasteiger partial charge is 0.383 e. The standard InChI is InChI=1S/C15H23N5O2S/c1-16-15(19-11-14-3-2-10-23-14)18-9-8-17-12-4-6-13(7-5-12)20(21)22/h4-7,14,17H,2-3,8-11H2,1H3,(H2,16,18,19). The summed E-state index contributed by atoms with van der Waals surface area (Å²) in [6, 6.07) is 6.41. The number of hydrogen-bond acceptors (Lipinski definition) is 5. The number of nitrogens with zero attached hydrogens (tertiary/aromatic N) is 2. The molecular formula is C15H23N5O2S. The van der Waals surface area contributed by atoms with Gasteiger partial charge in [-0.2, -0.15) is 11.8 Å². The topological polar surface area (TPSA) is 91.6 Å². The molecular weight excluding hydrogens is 314 g/mol. The molecule has 23 heavy (non-hydrogen) atoms. The third-order valence-electron chi connectivity index (χ3n) is 3.57. The number of anilines is 1. The quantitative estimate of drug-likeness (QED) is 0.232. The Morgan fingerprint density at radius 1 is 1.35 bits per heavy atom. The molecule has 7 nitrogen and oxygen atoms in total. The lowest BCUT2D eigenvalue weighted by Crippen LogP contribution is -2.41. The third-order valence-corrected chi connectivity index (χ3v) is 4.97. The molecule has 0 amide bonds. The lowest BCUT2D eigenvalue weighted by Gasteiger charge is -2.15. The molecule has 1 aromatic carbocycles. The maximum absolute atomic E-state index is 10.6. The van der Waals surface area contributed by atoms with E-state index in [-0.39, 0.29) is 5.69 Å². The van der Waals surface area contributed by atoms with Crippen molar-refractivity contribution in [2.45, 2.75) is 18.1 Å². The summed E-state index contributed by atoms with van der Waals surface area (Å²) < 4.78 is 0. The number of thioether (sulfide) groups is 1. The normalized spacial score (nSPS) is 17.8. The molecule has 1 saturated heterocycles. The van der Waals surface area contributed by atoms with E-state index in [4.69, 9.17) is 0 Å². The van der Waals surface area contributed by atoms with E-state index >= 15 is 0 Å². The highest BCUT2D eigenvalue weighted by atomic mass is 32.2. The van der Waals surface area contributed by atoms with Crippen LogP contribution in [-0.2, 0) is 0 Å². The summed E-state index contributed by atoms with van der Waals surface area (Å²) >= 11 is 2.02. The van der Waals surface area contributed by atoms with Crippen molar-refractivity contribution in [3.05, 3.63) is 34.4 Å². The minimum atomic E-state index is -0.399. The summed E-state index contributed by atoms with van der Waals surface area (Å²) in [5.41, 5.74) is 0.964. The van der Waals surface area contributed by atoms with Gasteiger partial charge >= 0.3 is 0 Å². The van der Waals surface area contributed by atoms with Crippen LogP contribution in [0.2, 0.25) is 0 Å². The van der Waals surface area contributed by atoms with E-state index in [1.807, 2.05) is 11.8 Å². The van der Waals surface area contributed by atoms with Crippen LogP contribution >= 0.6 is 11.8 Å². The molecule has 3 N–H and O–H groups in total. The Bertz CT molecular complexity index is 529. The lowest BCUT2D eigenvalue weighted by atomic mass is 10.2. The number of nitrogens with one attached hydrogen (secondary N) is 3. The average Bonchev–Trinajstić information content (AvgIpc) is 3.08. The van der Waals surface area contributed by atoms with Gasteiger partial charge in [0.05, 0.1) is 4.92 Å². The Hall–Kier alpha value is -1.96. The molecule has 0 spiro atoms. The number of nitro benzene ring substituents is 1. The zero-order valence-electron chi connectivity index (χ0n) is 13.2. The molecule has 2 rings (SSSR count). The van der Waals surface area contributed by atoms with Crippen LogP contribution in [0.25, 0.3) is 0 Å². The highest BCUT2D eigenvalue weighted by Gasteiger charge is 2.15. The second kappa shape index (κ2) is 9.24. The van der Waals surface area contributed by atoms with Crippen molar-refractivity contribution in [3.8, 4) is 0 Å². The Labute approximate surface area is 140 Å². The third kappa shape index (κ3) is 5.97. The van der Waals surface area contributed by atoms with Gasteiger partial charge in [0.1, 0.15) is 0 Å². The van der Waals surface area contributed by atoms with Crippen molar-refractivity contribution in [3.63, 3.8) is 0 Å². The molecule has 1 aliphatic heterocycles. The van der Waals surface area contributed by atoms with Gasteiger partial charge in [-0.1, -0.05) is 0 Å². The van der Waals surface area contributed by atoms with Crippen molar-refractivity contribution >= 4 is 29.1 Å². The van der Waals surface area contributed by atoms with Crippen LogP contribution < -0.4 is 16.0 Å². The zero-order valence-corrected chi connectivity index (χ0v) is 14.1. The van der Waals surface area contributed by atoms with Crippen LogP contribution in [-0.4, -0.2) is 48.6 Å². The summed E-state index contributed by atoms with van der Waals surface area (Å²) in [5.74, 6) is 2.07. The lowest BCUT2D eigenvalue weighted by molar-refractivity contribution is -0.384. The summed E-state index contributed by atoms with van der Waals surface area (Å²) in [6.45, 7) is 2.37. The van der Waals surface area contributed by atoms with Gasteiger partial charge in [0.2, 0.25) is 0 Å². The van der Waals surface area contributed by atoms with Crippen LogP contribution in [0, 0.1) is 10.1 Å². The van der Waals surface area contributed by atoms with Crippen molar-refractivity contribution in [2.75, 3.05) is 37.8 Å². The molecule has 1 atom stereocenters. The fraction of sp³-hybridized carbons (Fsp3) is 0.533. The van der Waals surface area contributed by atoms with Gasteiger partial charge < -0.3 is 16.0 Å². The van der Waals surface area contributed by atoms with E-state index in [9.17, 15) is 10.1 Å². The number of hydrogen-bond donors (Lipinski definition) is 3. The van der Waals surface area contributed by atoms with E-state index in [1.165, 1.54) is 30.7 Å². The number of aliphatic imine (C=N–C) groups is 1. The first-order valence-electron chi connectivity index (χ1n) is 7.73. The second-order valence-electron chi connectivity index (χ2n) is 5.25. The molecule has 0 aliphatic carbocycles. The molecule has 1 fully saturated rings.